The summed E-state index contributed by atoms with van der Waals surface area (Å²) >= 11 is 0. The second-order valence-corrected chi connectivity index (χ2v) is 5.96. The first-order valence-electron chi connectivity index (χ1n) is 5.45. The van der Waals surface area contributed by atoms with E-state index in [1.807, 2.05) is 0 Å². The Balaban J connectivity index is 2.32. The van der Waals surface area contributed by atoms with Gasteiger partial charge in [-0.2, -0.15) is 0 Å². The molecule has 7 nitrogen and oxygen atoms in total. The first-order chi connectivity index (χ1) is 7.93. The summed E-state index contributed by atoms with van der Waals surface area (Å²) in [6.45, 7) is 4.79. The Kier molecular flexibility index (Phi) is 5.31. The van der Waals surface area contributed by atoms with Gasteiger partial charge in [-0.05, 0) is 6.92 Å². The first kappa shape index (κ1) is 14.4. The zero-order chi connectivity index (χ0) is 12.9. The summed E-state index contributed by atoms with van der Waals surface area (Å²) in [7, 11) is -3.77. The number of nitrogens with one attached hydrogen (secondary N) is 1. The van der Waals surface area contributed by atoms with Crippen molar-refractivity contribution < 1.29 is 23.1 Å². The quantitative estimate of drug-likeness (QED) is 0.621. The normalized spacial score (nSPS) is 20.1. The molecule has 0 radical (unpaired) electrons. The molecule has 0 aromatic heterocycles. The van der Waals surface area contributed by atoms with E-state index in [1.54, 1.807) is 0 Å². The van der Waals surface area contributed by atoms with Crippen LogP contribution in [0.25, 0.3) is 0 Å². The van der Waals surface area contributed by atoms with Crippen LogP contribution in [0, 0.1) is 0 Å². The molecule has 1 rings (SSSR count). The summed E-state index contributed by atoms with van der Waals surface area (Å²) in [6, 6.07) is 0. The topological polar surface area (TPSA) is 95.9 Å². The zero-order valence-corrected chi connectivity index (χ0v) is 10.6. The lowest BCUT2D eigenvalue weighted by Gasteiger charge is -2.26. The molecule has 0 spiro atoms. The highest BCUT2D eigenvalue weighted by Gasteiger charge is 2.27. The molecule has 0 saturated carbocycles. The lowest BCUT2D eigenvalue weighted by molar-refractivity contribution is -0.136. The van der Waals surface area contributed by atoms with Crippen LogP contribution in [-0.2, 0) is 19.6 Å². The molecule has 100 valence electrons. The molecule has 0 aromatic carbocycles. The number of hydrogen-bond acceptors (Lipinski definition) is 5. The third-order valence-corrected chi connectivity index (χ3v) is 4.39. The number of carboxylic acid groups (broad SMARTS) is 1. The van der Waals surface area contributed by atoms with Crippen molar-refractivity contribution in [2.75, 3.05) is 39.4 Å². The summed E-state index contributed by atoms with van der Waals surface area (Å²) in [4.78, 5) is 12.6. The van der Waals surface area contributed by atoms with Crippen molar-refractivity contribution >= 4 is 16.0 Å². The number of hydrogen-bond donors (Lipinski definition) is 2. The standard InChI is InChI=1S/C9H18N2O5S/c1-8(9(12)13)17(14,15)10-2-3-11-4-6-16-7-5-11/h8,10H,2-7H2,1H3,(H,12,13). The van der Waals surface area contributed by atoms with Crippen LogP contribution < -0.4 is 4.72 Å². The van der Waals surface area contributed by atoms with Gasteiger partial charge in [0.1, 0.15) is 0 Å². The van der Waals surface area contributed by atoms with E-state index in [9.17, 15) is 13.2 Å². The Morgan fingerprint density at radius 2 is 2.06 bits per heavy atom. The average Bonchev–Trinajstić information content (AvgIpc) is 2.29. The van der Waals surface area contributed by atoms with Crippen LogP contribution in [0.3, 0.4) is 0 Å². The van der Waals surface area contributed by atoms with Gasteiger partial charge in [0, 0.05) is 26.2 Å². The number of aliphatic carboxylic acids is 1. The molecule has 2 N–H and O–H groups in total. The van der Waals surface area contributed by atoms with Gasteiger partial charge >= 0.3 is 5.97 Å². The molecule has 1 aliphatic rings. The highest BCUT2D eigenvalue weighted by Crippen LogP contribution is 1.99. The SMILES string of the molecule is CC(C(=O)O)S(=O)(=O)NCCN1CCOCC1. The molecule has 0 amide bonds. The van der Waals surface area contributed by atoms with Crippen LogP contribution >= 0.6 is 0 Å². The third-order valence-electron chi connectivity index (χ3n) is 2.65. The van der Waals surface area contributed by atoms with Gasteiger partial charge in [0.05, 0.1) is 13.2 Å². The Labute approximate surface area is 101 Å². The van der Waals surface area contributed by atoms with Gasteiger partial charge in [0.15, 0.2) is 5.25 Å². The van der Waals surface area contributed by atoms with Crippen LogP contribution in [0.15, 0.2) is 0 Å². The minimum absolute atomic E-state index is 0.222. The summed E-state index contributed by atoms with van der Waals surface area (Å²) in [5, 5.41) is 7.20. The van der Waals surface area contributed by atoms with Gasteiger partial charge in [-0.25, -0.2) is 13.1 Å². The van der Waals surface area contributed by atoms with Crippen molar-refractivity contribution in [1.82, 2.24) is 9.62 Å². The number of sulfonamides is 1. The fraction of sp³-hybridized carbons (Fsp3) is 0.889. The predicted octanol–water partition coefficient (Wildman–Crippen LogP) is -1.29. The maximum absolute atomic E-state index is 11.5. The van der Waals surface area contributed by atoms with Crippen molar-refractivity contribution in [3.63, 3.8) is 0 Å². The number of carbonyl (C=O) groups is 1. The minimum atomic E-state index is -3.77. The molecule has 0 aliphatic carbocycles. The summed E-state index contributed by atoms with van der Waals surface area (Å²) in [6.07, 6.45) is 0. The third kappa shape index (κ3) is 4.58. The Morgan fingerprint density at radius 3 is 2.59 bits per heavy atom. The number of carboxylic acids is 1. The number of ether oxygens (including phenoxy) is 1. The van der Waals surface area contributed by atoms with Crippen molar-refractivity contribution in [3.05, 3.63) is 0 Å². The van der Waals surface area contributed by atoms with Crippen LogP contribution in [0.2, 0.25) is 0 Å². The molecular formula is C9H18N2O5S. The Morgan fingerprint density at radius 1 is 1.47 bits per heavy atom. The van der Waals surface area contributed by atoms with Gasteiger partial charge in [-0.15, -0.1) is 0 Å². The smallest absolute Gasteiger partial charge is 0.323 e. The van der Waals surface area contributed by atoms with E-state index >= 15 is 0 Å². The second kappa shape index (κ2) is 6.29. The van der Waals surface area contributed by atoms with Crippen molar-refractivity contribution in [3.8, 4) is 0 Å². The monoisotopic (exact) mass is 266 g/mol. The first-order valence-corrected chi connectivity index (χ1v) is 6.99. The summed E-state index contributed by atoms with van der Waals surface area (Å²) in [5.74, 6) is -1.34. The van der Waals surface area contributed by atoms with E-state index in [0.717, 1.165) is 20.0 Å². The van der Waals surface area contributed by atoms with Crippen LogP contribution in [0.4, 0.5) is 0 Å². The summed E-state index contributed by atoms with van der Waals surface area (Å²) in [5.41, 5.74) is 0. The molecule has 1 unspecified atom stereocenters. The molecule has 17 heavy (non-hydrogen) atoms. The molecule has 1 atom stereocenters. The van der Waals surface area contributed by atoms with Gasteiger partial charge < -0.3 is 9.84 Å². The highest BCUT2D eigenvalue weighted by molar-refractivity contribution is 7.90. The molecule has 1 aliphatic heterocycles. The van der Waals surface area contributed by atoms with E-state index in [4.69, 9.17) is 9.84 Å². The van der Waals surface area contributed by atoms with Crippen molar-refractivity contribution in [2.45, 2.75) is 12.2 Å². The van der Waals surface area contributed by atoms with Gasteiger partial charge in [0.2, 0.25) is 10.0 Å². The lowest BCUT2D eigenvalue weighted by atomic mass is 10.4. The zero-order valence-electron chi connectivity index (χ0n) is 9.76. The maximum Gasteiger partial charge on any atom is 0.323 e. The van der Waals surface area contributed by atoms with Crippen molar-refractivity contribution in [1.29, 1.82) is 0 Å². The van der Waals surface area contributed by atoms with E-state index in [-0.39, 0.29) is 6.54 Å². The molecule has 0 aromatic rings. The van der Waals surface area contributed by atoms with Crippen LogP contribution in [0.1, 0.15) is 6.92 Å². The van der Waals surface area contributed by atoms with Crippen molar-refractivity contribution in [2.24, 2.45) is 0 Å². The number of morpholine rings is 1. The molecule has 0 bridgehead atoms. The predicted molar refractivity (Wildman–Crippen MR) is 61.3 cm³/mol. The Bertz CT molecular complexity index is 350. The fourth-order valence-corrected chi connectivity index (χ4v) is 2.32. The van der Waals surface area contributed by atoms with E-state index in [1.165, 1.54) is 0 Å². The molecule has 8 heteroatoms. The summed E-state index contributed by atoms with van der Waals surface area (Å²) < 4.78 is 30.4. The van der Waals surface area contributed by atoms with E-state index < -0.39 is 21.2 Å². The molecule has 1 fully saturated rings. The number of nitrogens with zero attached hydrogens (tertiary/aromatic N) is 1. The molecule has 1 heterocycles. The average molecular weight is 266 g/mol. The number of rotatable bonds is 6. The van der Waals surface area contributed by atoms with Gasteiger partial charge in [-0.3, -0.25) is 9.69 Å². The van der Waals surface area contributed by atoms with Gasteiger partial charge in [0.25, 0.3) is 0 Å². The van der Waals surface area contributed by atoms with E-state index in [2.05, 4.69) is 9.62 Å². The van der Waals surface area contributed by atoms with Crippen LogP contribution in [-0.4, -0.2) is 69.0 Å². The molecule has 1 saturated heterocycles. The van der Waals surface area contributed by atoms with Gasteiger partial charge in [-0.1, -0.05) is 0 Å². The lowest BCUT2D eigenvalue weighted by Crippen LogP contribution is -2.44. The Hall–Kier alpha value is -0.700. The maximum atomic E-state index is 11.5. The molecular weight excluding hydrogens is 248 g/mol. The van der Waals surface area contributed by atoms with E-state index in [0.29, 0.717) is 19.8 Å². The largest absolute Gasteiger partial charge is 0.480 e. The fourth-order valence-electron chi connectivity index (χ4n) is 1.43. The second-order valence-electron chi connectivity index (χ2n) is 3.87. The highest BCUT2D eigenvalue weighted by atomic mass is 32.2. The van der Waals surface area contributed by atoms with Crippen LogP contribution in [0.5, 0.6) is 0 Å². The minimum Gasteiger partial charge on any atom is -0.480 e.